The van der Waals surface area contributed by atoms with E-state index in [-0.39, 0.29) is 18.1 Å². The molecule has 0 spiro atoms. The number of allylic oxidation sites excluding steroid dienone is 6. The minimum Gasteiger partial charge on any atom is -0.335 e. The van der Waals surface area contributed by atoms with Crippen molar-refractivity contribution in [2.45, 2.75) is 64.0 Å². The quantitative estimate of drug-likeness (QED) is 0.446. The van der Waals surface area contributed by atoms with Crippen molar-refractivity contribution in [1.82, 2.24) is 25.2 Å². The lowest BCUT2D eigenvalue weighted by atomic mass is 9.77. The molecule has 3 aliphatic heterocycles. The van der Waals surface area contributed by atoms with Crippen LogP contribution in [0.2, 0.25) is 0 Å². The van der Waals surface area contributed by atoms with E-state index in [4.69, 9.17) is 0 Å². The summed E-state index contributed by atoms with van der Waals surface area (Å²) in [6.45, 7) is 8.45. The SMILES string of the molecule is CC1C=CC=C(C(CCN2CCC(NC(=O)NC3CCNCC3)CC2)C2CCN(S(C)(=O)=O)CC2)C=C1. The molecule has 1 aliphatic carbocycles. The second kappa shape index (κ2) is 13.4. The van der Waals surface area contributed by atoms with E-state index in [9.17, 15) is 13.2 Å². The summed E-state index contributed by atoms with van der Waals surface area (Å²) in [5.41, 5.74) is 1.38. The zero-order valence-corrected chi connectivity index (χ0v) is 23.5. The Kier molecular flexibility index (Phi) is 10.3. The average Bonchev–Trinajstić information content (AvgIpc) is 3.10. The van der Waals surface area contributed by atoms with Gasteiger partial charge in [-0.05, 0) is 87.9 Å². The first-order valence-electron chi connectivity index (χ1n) is 14.3. The van der Waals surface area contributed by atoms with Gasteiger partial charge >= 0.3 is 6.03 Å². The second-order valence-corrected chi connectivity index (χ2v) is 13.4. The van der Waals surface area contributed by atoms with Gasteiger partial charge in [-0.15, -0.1) is 0 Å². The van der Waals surface area contributed by atoms with Crippen molar-refractivity contribution in [3.05, 3.63) is 36.0 Å². The number of nitrogens with zero attached hydrogens (tertiary/aromatic N) is 2. The summed E-state index contributed by atoms with van der Waals surface area (Å²) in [4.78, 5) is 15.0. The van der Waals surface area contributed by atoms with Gasteiger partial charge in [0.2, 0.25) is 10.0 Å². The van der Waals surface area contributed by atoms with Crippen molar-refractivity contribution >= 4 is 16.1 Å². The molecule has 2 atom stereocenters. The summed E-state index contributed by atoms with van der Waals surface area (Å²) in [6, 6.07) is 0.515. The van der Waals surface area contributed by atoms with Crippen molar-refractivity contribution in [3.8, 4) is 0 Å². The fourth-order valence-electron chi connectivity index (χ4n) is 6.26. The maximum Gasteiger partial charge on any atom is 0.315 e. The summed E-state index contributed by atoms with van der Waals surface area (Å²) in [5.74, 6) is 1.35. The molecule has 37 heavy (non-hydrogen) atoms. The van der Waals surface area contributed by atoms with Crippen molar-refractivity contribution in [2.24, 2.45) is 17.8 Å². The van der Waals surface area contributed by atoms with E-state index in [0.29, 0.717) is 30.8 Å². The lowest BCUT2D eigenvalue weighted by molar-refractivity contribution is 0.165. The number of nitrogens with one attached hydrogen (secondary N) is 3. The number of rotatable bonds is 8. The normalized spacial score (nSPS) is 26.4. The van der Waals surface area contributed by atoms with E-state index in [1.807, 2.05) is 0 Å². The van der Waals surface area contributed by atoms with Gasteiger partial charge in [0.25, 0.3) is 0 Å². The molecule has 0 aromatic heterocycles. The minimum atomic E-state index is -3.12. The molecule has 4 rings (SSSR count). The van der Waals surface area contributed by atoms with Gasteiger partial charge in [0.15, 0.2) is 0 Å². The number of hydrogen-bond donors (Lipinski definition) is 3. The largest absolute Gasteiger partial charge is 0.335 e. The van der Waals surface area contributed by atoms with Crippen molar-refractivity contribution in [2.75, 3.05) is 52.1 Å². The summed E-state index contributed by atoms with van der Waals surface area (Å²) >= 11 is 0. The van der Waals surface area contributed by atoms with Gasteiger partial charge in [0, 0.05) is 38.3 Å². The van der Waals surface area contributed by atoms with Crippen LogP contribution in [0.15, 0.2) is 36.0 Å². The lowest BCUT2D eigenvalue weighted by Crippen LogP contribution is -2.51. The Morgan fingerprint density at radius 2 is 1.65 bits per heavy atom. The smallest absolute Gasteiger partial charge is 0.315 e. The van der Waals surface area contributed by atoms with Gasteiger partial charge in [-0.25, -0.2) is 17.5 Å². The maximum atomic E-state index is 12.4. The minimum absolute atomic E-state index is 0.0137. The maximum absolute atomic E-state index is 12.4. The Morgan fingerprint density at radius 3 is 2.30 bits per heavy atom. The van der Waals surface area contributed by atoms with E-state index >= 15 is 0 Å². The van der Waals surface area contributed by atoms with Crippen LogP contribution in [0.3, 0.4) is 0 Å². The molecule has 208 valence electrons. The van der Waals surface area contributed by atoms with Crippen LogP contribution in [-0.2, 0) is 10.0 Å². The molecular formula is C28H47N5O3S. The molecule has 3 saturated heterocycles. The third-order valence-corrected chi connectivity index (χ3v) is 9.92. The fourth-order valence-corrected chi connectivity index (χ4v) is 7.13. The van der Waals surface area contributed by atoms with Crippen molar-refractivity contribution < 1.29 is 13.2 Å². The van der Waals surface area contributed by atoms with Crippen LogP contribution in [-0.4, -0.2) is 87.8 Å². The predicted octanol–water partition coefficient (Wildman–Crippen LogP) is 2.87. The fraction of sp³-hybridized carbons (Fsp3) is 0.750. The first-order chi connectivity index (χ1) is 17.8. The highest BCUT2D eigenvalue weighted by atomic mass is 32.2. The highest BCUT2D eigenvalue weighted by molar-refractivity contribution is 7.88. The summed E-state index contributed by atoms with van der Waals surface area (Å²) in [7, 11) is -3.12. The second-order valence-electron chi connectivity index (χ2n) is 11.4. The number of carbonyl (C=O) groups is 1. The van der Waals surface area contributed by atoms with E-state index in [2.05, 4.69) is 58.2 Å². The Morgan fingerprint density at radius 1 is 1.00 bits per heavy atom. The van der Waals surface area contributed by atoms with Crippen LogP contribution < -0.4 is 16.0 Å². The number of likely N-dealkylation sites (tertiary alicyclic amines) is 1. The van der Waals surface area contributed by atoms with Crippen molar-refractivity contribution in [3.63, 3.8) is 0 Å². The summed E-state index contributed by atoms with van der Waals surface area (Å²) < 4.78 is 25.7. The van der Waals surface area contributed by atoms with Gasteiger partial charge in [-0.1, -0.05) is 37.3 Å². The molecule has 0 saturated carbocycles. The third kappa shape index (κ3) is 8.67. The molecule has 0 aromatic rings. The number of hydrogen-bond acceptors (Lipinski definition) is 5. The molecule has 3 fully saturated rings. The Bertz CT molecular complexity index is 941. The Labute approximate surface area is 224 Å². The monoisotopic (exact) mass is 533 g/mol. The summed E-state index contributed by atoms with van der Waals surface area (Å²) in [6.07, 6.45) is 19.5. The van der Waals surface area contributed by atoms with E-state index < -0.39 is 10.0 Å². The Balaban J connectivity index is 1.27. The molecule has 0 radical (unpaired) electrons. The average molecular weight is 534 g/mol. The van der Waals surface area contributed by atoms with E-state index in [1.54, 1.807) is 4.31 Å². The van der Waals surface area contributed by atoms with Gasteiger partial charge < -0.3 is 20.9 Å². The zero-order chi connectivity index (χ0) is 26.3. The molecule has 8 nitrogen and oxygen atoms in total. The first-order valence-corrected chi connectivity index (χ1v) is 16.1. The molecule has 3 heterocycles. The van der Waals surface area contributed by atoms with Gasteiger partial charge in [0.1, 0.15) is 0 Å². The third-order valence-electron chi connectivity index (χ3n) is 8.61. The topological polar surface area (TPSA) is 93.8 Å². The summed E-state index contributed by atoms with van der Waals surface area (Å²) in [5, 5.41) is 9.69. The zero-order valence-electron chi connectivity index (χ0n) is 22.7. The molecule has 0 aromatic carbocycles. The van der Waals surface area contributed by atoms with Crippen LogP contribution in [0.5, 0.6) is 0 Å². The number of sulfonamides is 1. The van der Waals surface area contributed by atoms with Gasteiger partial charge in [-0.3, -0.25) is 0 Å². The van der Waals surface area contributed by atoms with Crippen LogP contribution in [0.1, 0.15) is 51.9 Å². The number of piperidine rings is 3. The lowest BCUT2D eigenvalue weighted by Gasteiger charge is -2.38. The van der Waals surface area contributed by atoms with Gasteiger partial charge in [0.05, 0.1) is 6.26 Å². The van der Waals surface area contributed by atoms with Crippen LogP contribution in [0, 0.1) is 17.8 Å². The molecule has 4 aliphatic rings. The van der Waals surface area contributed by atoms with Crippen LogP contribution in [0.4, 0.5) is 4.79 Å². The van der Waals surface area contributed by atoms with Crippen LogP contribution >= 0.6 is 0 Å². The molecule has 3 N–H and O–H groups in total. The Hall–Kier alpha value is -1.68. The molecule has 2 unspecified atom stereocenters. The number of carbonyl (C=O) groups excluding carboxylic acids is 1. The van der Waals surface area contributed by atoms with Crippen LogP contribution in [0.25, 0.3) is 0 Å². The first kappa shape index (κ1) is 28.3. The molecule has 0 bridgehead atoms. The predicted molar refractivity (Wildman–Crippen MR) is 150 cm³/mol. The highest BCUT2D eigenvalue weighted by Gasteiger charge is 2.32. The van der Waals surface area contributed by atoms with E-state index in [0.717, 1.165) is 77.7 Å². The molecule has 9 heteroatoms. The van der Waals surface area contributed by atoms with Crippen molar-refractivity contribution in [1.29, 1.82) is 0 Å². The molecular weight excluding hydrogens is 486 g/mol. The van der Waals surface area contributed by atoms with E-state index in [1.165, 1.54) is 11.8 Å². The highest BCUT2D eigenvalue weighted by Crippen LogP contribution is 2.35. The van der Waals surface area contributed by atoms with Gasteiger partial charge in [-0.2, -0.15) is 0 Å². The number of amides is 2. The number of urea groups is 1. The standard InChI is InChI=1S/C28H47N5O3S/c1-22-4-3-5-23(7-6-22)27(24-10-20-33(21-11-24)37(2,35)36)14-19-32-17-12-26(13-18-32)31-28(34)30-25-8-15-29-16-9-25/h3-7,22,24-27,29H,8-21H2,1-2H3,(H2,30,31,34). The molecule has 2 amide bonds.